The molecular formula is C13H15N3O. The third-order valence-corrected chi connectivity index (χ3v) is 2.94. The zero-order valence-corrected chi connectivity index (χ0v) is 9.57. The molecule has 0 saturated carbocycles. The van der Waals surface area contributed by atoms with E-state index in [2.05, 4.69) is 16.7 Å². The number of amides is 1. The summed E-state index contributed by atoms with van der Waals surface area (Å²) in [5, 5.41) is 14.6. The molecule has 1 aromatic rings. The summed E-state index contributed by atoms with van der Waals surface area (Å²) < 4.78 is 0. The van der Waals surface area contributed by atoms with E-state index in [4.69, 9.17) is 5.26 Å². The Morgan fingerprint density at radius 2 is 2.18 bits per heavy atom. The van der Waals surface area contributed by atoms with Crippen molar-refractivity contribution in [2.45, 2.75) is 18.9 Å². The minimum atomic E-state index is 0.0102. The number of carbonyl (C=O) groups is 1. The van der Waals surface area contributed by atoms with E-state index in [0.717, 1.165) is 24.9 Å². The Bertz CT molecular complexity index is 429. The van der Waals surface area contributed by atoms with Crippen LogP contribution in [0.2, 0.25) is 0 Å². The molecule has 1 unspecified atom stereocenters. The number of hydrogen-bond donors (Lipinski definition) is 2. The molecule has 2 rings (SSSR count). The van der Waals surface area contributed by atoms with Gasteiger partial charge in [-0.2, -0.15) is 5.26 Å². The van der Waals surface area contributed by atoms with Gasteiger partial charge in [0.25, 0.3) is 0 Å². The maximum Gasteiger partial charge on any atom is 0.237 e. The molecule has 2 N–H and O–H groups in total. The van der Waals surface area contributed by atoms with Gasteiger partial charge in [0.15, 0.2) is 0 Å². The van der Waals surface area contributed by atoms with Crippen molar-refractivity contribution >= 4 is 5.91 Å². The lowest BCUT2D eigenvalue weighted by atomic mass is 10.1. The average molecular weight is 229 g/mol. The Labute approximate surface area is 101 Å². The molecular weight excluding hydrogens is 214 g/mol. The molecule has 0 bridgehead atoms. The Hall–Kier alpha value is -1.86. The lowest BCUT2D eigenvalue weighted by molar-refractivity contribution is -0.124. The topological polar surface area (TPSA) is 64.9 Å². The minimum absolute atomic E-state index is 0.0102. The first-order valence-electron chi connectivity index (χ1n) is 5.80. The van der Waals surface area contributed by atoms with Gasteiger partial charge in [0.05, 0.1) is 17.7 Å². The summed E-state index contributed by atoms with van der Waals surface area (Å²) in [5.41, 5.74) is 1.79. The van der Waals surface area contributed by atoms with Gasteiger partial charge in [-0.15, -0.1) is 0 Å². The van der Waals surface area contributed by atoms with E-state index in [-0.39, 0.29) is 11.9 Å². The second kappa shape index (κ2) is 5.46. The monoisotopic (exact) mass is 229 g/mol. The highest BCUT2D eigenvalue weighted by Crippen LogP contribution is 2.04. The average Bonchev–Trinajstić information content (AvgIpc) is 2.27. The molecule has 0 spiro atoms. The molecule has 17 heavy (non-hydrogen) atoms. The van der Waals surface area contributed by atoms with Crippen LogP contribution in [0.4, 0.5) is 0 Å². The first kappa shape index (κ1) is 11.6. The molecule has 1 aliphatic rings. The van der Waals surface area contributed by atoms with Gasteiger partial charge in [-0.25, -0.2) is 0 Å². The highest BCUT2D eigenvalue weighted by atomic mass is 16.2. The third-order valence-electron chi connectivity index (χ3n) is 2.94. The van der Waals surface area contributed by atoms with E-state index >= 15 is 0 Å². The van der Waals surface area contributed by atoms with Gasteiger partial charge in [-0.3, -0.25) is 4.79 Å². The Balaban J connectivity index is 1.74. The summed E-state index contributed by atoms with van der Waals surface area (Å²) in [5.74, 6) is 0.0879. The van der Waals surface area contributed by atoms with E-state index in [1.807, 2.05) is 12.1 Å². The van der Waals surface area contributed by atoms with Crippen molar-refractivity contribution in [2.75, 3.05) is 13.1 Å². The van der Waals surface area contributed by atoms with Crippen LogP contribution < -0.4 is 10.6 Å². The molecule has 88 valence electrons. The minimum Gasteiger partial charge on any atom is -0.354 e. The Morgan fingerprint density at radius 1 is 1.47 bits per heavy atom. The predicted molar refractivity (Wildman–Crippen MR) is 64.3 cm³/mol. The molecule has 1 fully saturated rings. The number of nitriles is 1. The van der Waals surface area contributed by atoms with Crippen LogP contribution in [0.1, 0.15) is 17.5 Å². The van der Waals surface area contributed by atoms with Crippen molar-refractivity contribution in [2.24, 2.45) is 0 Å². The molecule has 1 heterocycles. The van der Waals surface area contributed by atoms with Crippen molar-refractivity contribution < 1.29 is 4.79 Å². The molecule has 0 radical (unpaired) electrons. The molecule has 1 saturated heterocycles. The highest BCUT2D eigenvalue weighted by molar-refractivity contribution is 5.82. The largest absolute Gasteiger partial charge is 0.354 e. The SMILES string of the molecule is N#Cc1ccc(CCNC(=O)C2CCN2)cc1. The summed E-state index contributed by atoms with van der Waals surface area (Å²) >= 11 is 0. The summed E-state index contributed by atoms with van der Waals surface area (Å²) in [6.45, 7) is 1.58. The third kappa shape index (κ3) is 3.05. The standard InChI is InChI=1S/C13H15N3O/c14-9-11-3-1-10(2-4-11)5-7-16-13(17)12-6-8-15-12/h1-4,12,15H,5-8H2,(H,16,17). The fourth-order valence-corrected chi connectivity index (χ4v) is 1.71. The van der Waals surface area contributed by atoms with Gasteiger partial charge in [0.1, 0.15) is 0 Å². The quantitative estimate of drug-likeness (QED) is 0.793. The zero-order valence-electron chi connectivity index (χ0n) is 9.57. The first-order valence-corrected chi connectivity index (χ1v) is 5.80. The zero-order chi connectivity index (χ0) is 12.1. The maximum atomic E-state index is 11.5. The predicted octanol–water partition coefficient (Wildman–Crippen LogP) is 0.579. The summed E-state index contributed by atoms with van der Waals surface area (Å²) in [4.78, 5) is 11.5. The fraction of sp³-hybridized carbons (Fsp3) is 0.385. The van der Waals surface area contributed by atoms with Gasteiger partial charge in [-0.05, 0) is 37.1 Å². The van der Waals surface area contributed by atoms with Crippen LogP contribution >= 0.6 is 0 Å². The normalized spacial score (nSPS) is 17.9. The lowest BCUT2D eigenvalue weighted by Crippen LogP contribution is -2.53. The van der Waals surface area contributed by atoms with E-state index in [1.165, 1.54) is 0 Å². The molecule has 1 aromatic carbocycles. The van der Waals surface area contributed by atoms with Gasteiger partial charge in [0, 0.05) is 6.54 Å². The Morgan fingerprint density at radius 3 is 2.71 bits per heavy atom. The molecule has 4 nitrogen and oxygen atoms in total. The van der Waals surface area contributed by atoms with E-state index in [9.17, 15) is 4.79 Å². The summed E-state index contributed by atoms with van der Waals surface area (Å²) in [7, 11) is 0. The van der Waals surface area contributed by atoms with E-state index < -0.39 is 0 Å². The Kier molecular flexibility index (Phi) is 3.73. The smallest absolute Gasteiger partial charge is 0.237 e. The number of benzene rings is 1. The maximum absolute atomic E-state index is 11.5. The molecule has 1 amide bonds. The summed E-state index contributed by atoms with van der Waals surface area (Å²) in [6.07, 6.45) is 1.73. The molecule has 4 heteroatoms. The van der Waals surface area contributed by atoms with Crippen LogP contribution in [0.15, 0.2) is 24.3 Å². The van der Waals surface area contributed by atoms with E-state index in [0.29, 0.717) is 12.1 Å². The molecule has 1 atom stereocenters. The number of nitrogens with one attached hydrogen (secondary N) is 2. The number of hydrogen-bond acceptors (Lipinski definition) is 3. The van der Waals surface area contributed by atoms with Gasteiger partial charge < -0.3 is 10.6 Å². The number of carbonyl (C=O) groups excluding carboxylic acids is 1. The van der Waals surface area contributed by atoms with Gasteiger partial charge >= 0.3 is 0 Å². The van der Waals surface area contributed by atoms with Crippen molar-refractivity contribution in [1.29, 1.82) is 5.26 Å². The highest BCUT2D eigenvalue weighted by Gasteiger charge is 2.23. The second-order valence-electron chi connectivity index (χ2n) is 4.15. The van der Waals surface area contributed by atoms with Crippen LogP contribution in [0.5, 0.6) is 0 Å². The lowest BCUT2D eigenvalue weighted by Gasteiger charge is -2.26. The van der Waals surface area contributed by atoms with Crippen LogP contribution in [0, 0.1) is 11.3 Å². The molecule has 1 aliphatic heterocycles. The fourth-order valence-electron chi connectivity index (χ4n) is 1.71. The van der Waals surface area contributed by atoms with Crippen LogP contribution in [-0.4, -0.2) is 25.0 Å². The van der Waals surface area contributed by atoms with Gasteiger partial charge in [-0.1, -0.05) is 12.1 Å². The summed E-state index contributed by atoms with van der Waals surface area (Å²) in [6, 6.07) is 9.53. The van der Waals surface area contributed by atoms with Crippen molar-refractivity contribution in [3.8, 4) is 6.07 Å². The van der Waals surface area contributed by atoms with Gasteiger partial charge in [0.2, 0.25) is 5.91 Å². The first-order chi connectivity index (χ1) is 8.29. The van der Waals surface area contributed by atoms with Crippen molar-refractivity contribution in [3.63, 3.8) is 0 Å². The second-order valence-corrected chi connectivity index (χ2v) is 4.15. The van der Waals surface area contributed by atoms with E-state index in [1.54, 1.807) is 12.1 Å². The number of nitrogens with zero attached hydrogens (tertiary/aromatic N) is 1. The van der Waals surface area contributed by atoms with Crippen molar-refractivity contribution in [3.05, 3.63) is 35.4 Å². The van der Waals surface area contributed by atoms with Crippen LogP contribution in [-0.2, 0) is 11.2 Å². The van der Waals surface area contributed by atoms with Crippen LogP contribution in [0.25, 0.3) is 0 Å². The number of rotatable bonds is 4. The van der Waals surface area contributed by atoms with Crippen LogP contribution in [0.3, 0.4) is 0 Å². The van der Waals surface area contributed by atoms with Crippen molar-refractivity contribution in [1.82, 2.24) is 10.6 Å². The molecule has 0 aliphatic carbocycles. The molecule has 0 aromatic heterocycles.